The molecule has 13 heavy (non-hydrogen) atoms. The lowest BCUT2D eigenvalue weighted by Crippen LogP contribution is -2.56. The van der Waals surface area contributed by atoms with Crippen LogP contribution in [0.5, 0.6) is 0 Å². The maximum Gasteiger partial charge on any atom is 0.0612 e. The average Bonchev–Trinajstić information content (AvgIpc) is 2.04. The third-order valence-electron chi connectivity index (χ3n) is 3.02. The highest BCUT2D eigenvalue weighted by Crippen LogP contribution is 2.24. The molecule has 78 valence electrons. The highest BCUT2D eigenvalue weighted by molar-refractivity contribution is 4.92. The Kier molecular flexibility index (Phi) is 3.00. The summed E-state index contributed by atoms with van der Waals surface area (Å²) in [4.78, 5) is 2.42. The Bertz CT molecular complexity index is 166. The van der Waals surface area contributed by atoms with Crippen LogP contribution >= 0.6 is 0 Å². The molecule has 1 rings (SSSR count). The molecule has 0 spiro atoms. The van der Waals surface area contributed by atoms with Crippen molar-refractivity contribution in [3.63, 3.8) is 0 Å². The van der Waals surface area contributed by atoms with Gasteiger partial charge < -0.3 is 10.8 Å². The van der Waals surface area contributed by atoms with E-state index in [1.807, 2.05) is 0 Å². The van der Waals surface area contributed by atoms with Crippen molar-refractivity contribution >= 4 is 0 Å². The monoisotopic (exact) mass is 186 g/mol. The molecule has 0 aromatic rings. The standard InChI is InChI=1S/C10H22N2O/c1-9(2,3)12-6-4-10(11,8-13)5-7-12/h13H,4-8,11H2,1-3H3. The molecule has 1 saturated heterocycles. The van der Waals surface area contributed by atoms with E-state index in [0.717, 1.165) is 25.9 Å². The maximum atomic E-state index is 9.10. The summed E-state index contributed by atoms with van der Waals surface area (Å²) in [6, 6.07) is 0. The first kappa shape index (κ1) is 11.0. The summed E-state index contributed by atoms with van der Waals surface area (Å²) in [7, 11) is 0. The quantitative estimate of drug-likeness (QED) is 0.629. The smallest absolute Gasteiger partial charge is 0.0612 e. The zero-order chi connectivity index (χ0) is 10.1. The molecule has 0 amide bonds. The molecule has 3 N–H and O–H groups in total. The van der Waals surface area contributed by atoms with E-state index in [0.29, 0.717) is 0 Å². The Hall–Kier alpha value is -0.120. The van der Waals surface area contributed by atoms with Gasteiger partial charge in [-0.3, -0.25) is 4.90 Å². The second kappa shape index (κ2) is 3.56. The van der Waals surface area contributed by atoms with Gasteiger partial charge in [-0.15, -0.1) is 0 Å². The molecular formula is C10H22N2O. The van der Waals surface area contributed by atoms with Crippen LogP contribution in [0, 0.1) is 0 Å². The Balaban J connectivity index is 2.48. The lowest BCUT2D eigenvalue weighted by molar-refractivity contribution is 0.0530. The summed E-state index contributed by atoms with van der Waals surface area (Å²) < 4.78 is 0. The van der Waals surface area contributed by atoms with Crippen LogP contribution in [0.4, 0.5) is 0 Å². The van der Waals surface area contributed by atoms with Crippen LogP contribution in [-0.2, 0) is 0 Å². The fourth-order valence-corrected chi connectivity index (χ4v) is 1.78. The predicted octanol–water partition coefficient (Wildman–Crippen LogP) is 0.571. The van der Waals surface area contributed by atoms with Gasteiger partial charge >= 0.3 is 0 Å². The van der Waals surface area contributed by atoms with Gasteiger partial charge in [0, 0.05) is 24.2 Å². The van der Waals surface area contributed by atoms with Gasteiger partial charge in [-0.1, -0.05) is 0 Å². The zero-order valence-electron chi connectivity index (χ0n) is 9.01. The van der Waals surface area contributed by atoms with Crippen molar-refractivity contribution in [2.24, 2.45) is 5.73 Å². The van der Waals surface area contributed by atoms with E-state index in [2.05, 4.69) is 25.7 Å². The van der Waals surface area contributed by atoms with Gasteiger partial charge in [0.25, 0.3) is 0 Å². The lowest BCUT2D eigenvalue weighted by Gasteiger charge is -2.44. The number of nitrogens with two attached hydrogens (primary N) is 1. The van der Waals surface area contributed by atoms with Crippen LogP contribution in [-0.4, -0.2) is 40.8 Å². The van der Waals surface area contributed by atoms with Gasteiger partial charge in [0.2, 0.25) is 0 Å². The van der Waals surface area contributed by atoms with Crippen LogP contribution in [0.1, 0.15) is 33.6 Å². The van der Waals surface area contributed by atoms with Crippen LogP contribution < -0.4 is 5.73 Å². The lowest BCUT2D eigenvalue weighted by atomic mass is 9.87. The number of nitrogens with zero attached hydrogens (tertiary/aromatic N) is 1. The van der Waals surface area contributed by atoms with Crippen LogP contribution in [0.15, 0.2) is 0 Å². The van der Waals surface area contributed by atoms with Gasteiger partial charge in [-0.2, -0.15) is 0 Å². The number of rotatable bonds is 1. The fourth-order valence-electron chi connectivity index (χ4n) is 1.78. The molecule has 1 heterocycles. The molecule has 0 aromatic heterocycles. The topological polar surface area (TPSA) is 49.5 Å². The first-order valence-electron chi connectivity index (χ1n) is 5.02. The molecule has 0 aliphatic carbocycles. The third-order valence-corrected chi connectivity index (χ3v) is 3.02. The van der Waals surface area contributed by atoms with Gasteiger partial charge in [-0.25, -0.2) is 0 Å². The number of hydrogen-bond acceptors (Lipinski definition) is 3. The minimum Gasteiger partial charge on any atom is -0.394 e. The number of hydrogen-bond donors (Lipinski definition) is 2. The molecule has 0 unspecified atom stereocenters. The minimum absolute atomic E-state index is 0.116. The summed E-state index contributed by atoms with van der Waals surface area (Å²) in [5.74, 6) is 0. The van der Waals surface area contributed by atoms with Crippen LogP contribution in [0.25, 0.3) is 0 Å². The van der Waals surface area contributed by atoms with Crippen molar-refractivity contribution < 1.29 is 5.11 Å². The molecule has 0 aromatic carbocycles. The number of likely N-dealkylation sites (tertiary alicyclic amines) is 1. The summed E-state index contributed by atoms with van der Waals surface area (Å²) in [5, 5.41) is 9.10. The van der Waals surface area contributed by atoms with Crippen molar-refractivity contribution in [3.8, 4) is 0 Å². The SMILES string of the molecule is CC(C)(C)N1CCC(N)(CO)CC1. The van der Waals surface area contributed by atoms with Crippen LogP contribution in [0.2, 0.25) is 0 Å². The van der Waals surface area contributed by atoms with Crippen molar-refractivity contribution in [2.45, 2.75) is 44.7 Å². The van der Waals surface area contributed by atoms with E-state index >= 15 is 0 Å². The first-order chi connectivity index (χ1) is 5.87. The summed E-state index contributed by atoms with van der Waals surface area (Å²) >= 11 is 0. The second-order valence-electron chi connectivity index (χ2n) is 5.18. The highest BCUT2D eigenvalue weighted by atomic mass is 16.3. The van der Waals surface area contributed by atoms with E-state index in [1.54, 1.807) is 0 Å². The molecule has 3 heteroatoms. The van der Waals surface area contributed by atoms with Crippen molar-refractivity contribution in [3.05, 3.63) is 0 Å². The van der Waals surface area contributed by atoms with E-state index < -0.39 is 0 Å². The third kappa shape index (κ3) is 2.66. The minimum atomic E-state index is -0.318. The van der Waals surface area contributed by atoms with Gasteiger partial charge in [0.1, 0.15) is 0 Å². The Morgan fingerprint density at radius 3 is 2.08 bits per heavy atom. The molecule has 1 aliphatic rings. The Labute approximate surface area is 80.9 Å². The molecule has 1 aliphatic heterocycles. The largest absolute Gasteiger partial charge is 0.394 e. The highest BCUT2D eigenvalue weighted by Gasteiger charge is 2.33. The second-order valence-corrected chi connectivity index (χ2v) is 5.18. The number of aliphatic hydroxyl groups is 1. The van der Waals surface area contributed by atoms with Crippen LogP contribution in [0.3, 0.4) is 0 Å². The number of aliphatic hydroxyl groups excluding tert-OH is 1. The summed E-state index contributed by atoms with van der Waals surface area (Å²) in [6.07, 6.45) is 1.81. The molecule has 3 nitrogen and oxygen atoms in total. The first-order valence-corrected chi connectivity index (χ1v) is 5.02. The molecule has 0 atom stereocenters. The molecule has 0 saturated carbocycles. The Morgan fingerprint density at radius 1 is 1.31 bits per heavy atom. The van der Waals surface area contributed by atoms with Crippen molar-refractivity contribution in [1.29, 1.82) is 0 Å². The van der Waals surface area contributed by atoms with E-state index in [1.165, 1.54) is 0 Å². The number of piperidine rings is 1. The molecule has 1 fully saturated rings. The predicted molar refractivity (Wildman–Crippen MR) is 54.6 cm³/mol. The van der Waals surface area contributed by atoms with Gasteiger partial charge in [0.05, 0.1) is 6.61 Å². The molecule has 0 bridgehead atoms. The normalized spacial score (nSPS) is 24.7. The Morgan fingerprint density at radius 2 is 1.77 bits per heavy atom. The van der Waals surface area contributed by atoms with E-state index in [-0.39, 0.29) is 17.7 Å². The summed E-state index contributed by atoms with van der Waals surface area (Å²) in [5.41, 5.74) is 5.90. The van der Waals surface area contributed by atoms with E-state index in [9.17, 15) is 0 Å². The zero-order valence-corrected chi connectivity index (χ0v) is 9.01. The maximum absolute atomic E-state index is 9.10. The molecule has 0 radical (unpaired) electrons. The fraction of sp³-hybridized carbons (Fsp3) is 1.00. The van der Waals surface area contributed by atoms with E-state index in [4.69, 9.17) is 10.8 Å². The summed E-state index contributed by atoms with van der Waals surface area (Å²) in [6.45, 7) is 8.77. The van der Waals surface area contributed by atoms with Crippen molar-refractivity contribution in [1.82, 2.24) is 4.90 Å². The van der Waals surface area contributed by atoms with Gasteiger partial charge in [0.15, 0.2) is 0 Å². The van der Waals surface area contributed by atoms with Gasteiger partial charge in [-0.05, 0) is 33.6 Å². The average molecular weight is 186 g/mol. The molecular weight excluding hydrogens is 164 g/mol. The van der Waals surface area contributed by atoms with Crippen molar-refractivity contribution in [2.75, 3.05) is 19.7 Å².